The molecule has 5 nitrogen and oxygen atoms in total. The van der Waals surface area contributed by atoms with Crippen molar-refractivity contribution in [1.29, 1.82) is 0 Å². The molecule has 1 aliphatic heterocycles. The van der Waals surface area contributed by atoms with Crippen molar-refractivity contribution in [3.8, 4) is 5.75 Å². The summed E-state index contributed by atoms with van der Waals surface area (Å²) in [6.07, 6.45) is 4.60. The van der Waals surface area contributed by atoms with E-state index in [2.05, 4.69) is 16.0 Å². The minimum Gasteiger partial charge on any atom is -0.497 e. The van der Waals surface area contributed by atoms with Crippen LogP contribution in [0.3, 0.4) is 0 Å². The zero-order valence-corrected chi connectivity index (χ0v) is 14.7. The number of nitrogens with one attached hydrogen (secondary N) is 1. The number of aliphatic imine (C=N–C) groups is 1. The number of aromatic amines is 1. The van der Waals surface area contributed by atoms with Crippen LogP contribution in [0.2, 0.25) is 0 Å². The molecule has 0 spiro atoms. The summed E-state index contributed by atoms with van der Waals surface area (Å²) in [5, 5.41) is 0. The van der Waals surface area contributed by atoms with E-state index < -0.39 is 0 Å². The van der Waals surface area contributed by atoms with E-state index in [0.717, 1.165) is 34.5 Å². The lowest BCUT2D eigenvalue weighted by Crippen LogP contribution is -2.00. The second-order valence-corrected chi connectivity index (χ2v) is 5.86. The number of hydrogen-bond donors (Lipinski definition) is 1. The van der Waals surface area contributed by atoms with E-state index in [1.54, 1.807) is 20.3 Å². The molecule has 0 saturated carbocycles. The molecule has 0 bridgehead atoms. The average molecular weight is 336 g/mol. The molecule has 1 aliphatic rings. The van der Waals surface area contributed by atoms with E-state index in [1.807, 2.05) is 38.1 Å². The number of aromatic nitrogens is 1. The summed E-state index contributed by atoms with van der Waals surface area (Å²) < 4.78 is 10.6. The lowest BCUT2D eigenvalue weighted by atomic mass is 10.0. The van der Waals surface area contributed by atoms with Gasteiger partial charge in [0.1, 0.15) is 17.2 Å². The summed E-state index contributed by atoms with van der Waals surface area (Å²) in [7, 11) is 3.18. The number of methoxy groups -OCH3 is 2. The summed E-state index contributed by atoms with van der Waals surface area (Å²) in [6, 6.07) is 7.42. The largest absolute Gasteiger partial charge is 0.497 e. The Morgan fingerprint density at radius 3 is 2.52 bits per heavy atom. The highest BCUT2D eigenvalue weighted by Gasteiger charge is 2.19. The van der Waals surface area contributed by atoms with E-state index in [4.69, 9.17) is 9.47 Å². The van der Waals surface area contributed by atoms with Crippen LogP contribution in [0.4, 0.5) is 0 Å². The van der Waals surface area contributed by atoms with E-state index in [1.165, 1.54) is 0 Å². The number of ether oxygens (including phenoxy) is 2. The molecule has 5 heteroatoms. The van der Waals surface area contributed by atoms with Crippen molar-refractivity contribution in [1.82, 2.24) is 4.98 Å². The lowest BCUT2D eigenvalue weighted by molar-refractivity contribution is 0.112. The van der Waals surface area contributed by atoms with Gasteiger partial charge in [-0.3, -0.25) is 4.79 Å². The highest BCUT2D eigenvalue weighted by atomic mass is 16.5. The van der Waals surface area contributed by atoms with Crippen LogP contribution in [0, 0.1) is 13.8 Å². The first-order chi connectivity index (χ1) is 12.0. The van der Waals surface area contributed by atoms with E-state index in [9.17, 15) is 4.79 Å². The molecule has 0 unspecified atom stereocenters. The third-order valence-corrected chi connectivity index (χ3v) is 4.11. The van der Waals surface area contributed by atoms with Crippen molar-refractivity contribution in [3.05, 3.63) is 69.9 Å². The Kier molecular flexibility index (Phi) is 4.57. The number of allylic oxidation sites excluding steroid dienone is 1. The Bertz CT molecular complexity index is 917. The van der Waals surface area contributed by atoms with Gasteiger partial charge in [0.15, 0.2) is 6.29 Å². The standard InChI is InChI=1S/C20H20N2O3/c1-12-7-13(2)21-17(12)9-19-20(25-4)10-18(22-19)16-6-5-15(24-3)8-14(16)11-23/h5-11,21H,1-4H3. The first-order valence-electron chi connectivity index (χ1n) is 7.92. The Balaban J connectivity index is 2.05. The van der Waals surface area contributed by atoms with Gasteiger partial charge in [-0.05, 0) is 49.8 Å². The van der Waals surface area contributed by atoms with Crippen molar-refractivity contribution in [2.24, 2.45) is 4.99 Å². The van der Waals surface area contributed by atoms with Crippen LogP contribution < -0.4 is 4.74 Å². The molecule has 1 N–H and O–H groups in total. The van der Waals surface area contributed by atoms with E-state index >= 15 is 0 Å². The lowest BCUT2D eigenvalue weighted by Gasteiger charge is -2.05. The number of carbonyl (C=O) groups is 1. The molecular formula is C20H20N2O3. The van der Waals surface area contributed by atoms with Crippen molar-refractivity contribution in [3.63, 3.8) is 0 Å². The number of rotatable bonds is 5. The van der Waals surface area contributed by atoms with Gasteiger partial charge in [-0.2, -0.15) is 0 Å². The highest BCUT2D eigenvalue weighted by Crippen LogP contribution is 2.28. The van der Waals surface area contributed by atoms with Gasteiger partial charge in [0.25, 0.3) is 0 Å². The van der Waals surface area contributed by atoms with Gasteiger partial charge in [0.2, 0.25) is 0 Å². The fraction of sp³-hybridized carbons (Fsp3) is 0.200. The first-order valence-corrected chi connectivity index (χ1v) is 7.92. The van der Waals surface area contributed by atoms with Crippen LogP contribution in [-0.2, 0) is 4.74 Å². The zero-order chi connectivity index (χ0) is 18.0. The molecule has 2 aromatic rings. The maximum absolute atomic E-state index is 11.4. The topological polar surface area (TPSA) is 63.7 Å². The molecule has 0 aliphatic carbocycles. The Hall–Kier alpha value is -3.08. The molecule has 1 aromatic carbocycles. The predicted octanol–water partition coefficient (Wildman–Crippen LogP) is 3.83. The van der Waals surface area contributed by atoms with Gasteiger partial charge < -0.3 is 14.5 Å². The van der Waals surface area contributed by atoms with E-state index in [0.29, 0.717) is 22.8 Å². The fourth-order valence-electron chi connectivity index (χ4n) is 2.85. The molecule has 128 valence electrons. The molecule has 0 fully saturated rings. The van der Waals surface area contributed by atoms with Crippen LogP contribution >= 0.6 is 0 Å². The van der Waals surface area contributed by atoms with Crippen LogP contribution in [-0.4, -0.2) is 31.2 Å². The first kappa shape index (κ1) is 16.8. The SMILES string of the molecule is COC1=CC(c2ccc(OC)cc2C=O)=NC1=Cc1[nH]c(C)cc1C. The second kappa shape index (κ2) is 6.81. The van der Waals surface area contributed by atoms with Gasteiger partial charge in [-0.25, -0.2) is 4.99 Å². The molecule has 2 heterocycles. The highest BCUT2D eigenvalue weighted by molar-refractivity contribution is 6.15. The summed E-state index contributed by atoms with van der Waals surface area (Å²) in [5.41, 5.74) is 5.90. The Morgan fingerprint density at radius 2 is 1.92 bits per heavy atom. The van der Waals surface area contributed by atoms with Crippen LogP contribution in [0.25, 0.3) is 6.08 Å². The average Bonchev–Trinajstić information content (AvgIpc) is 3.16. The summed E-state index contributed by atoms with van der Waals surface area (Å²) in [4.78, 5) is 19.4. The summed E-state index contributed by atoms with van der Waals surface area (Å²) in [6.45, 7) is 4.05. The Morgan fingerprint density at radius 1 is 1.12 bits per heavy atom. The van der Waals surface area contributed by atoms with Gasteiger partial charge in [0.05, 0.1) is 19.9 Å². The van der Waals surface area contributed by atoms with Crippen LogP contribution in [0.5, 0.6) is 5.75 Å². The number of aldehydes is 1. The predicted molar refractivity (Wildman–Crippen MR) is 98.3 cm³/mol. The van der Waals surface area contributed by atoms with Gasteiger partial charge >= 0.3 is 0 Å². The summed E-state index contributed by atoms with van der Waals surface area (Å²) >= 11 is 0. The second-order valence-electron chi connectivity index (χ2n) is 5.86. The molecule has 0 atom stereocenters. The monoisotopic (exact) mass is 336 g/mol. The minimum absolute atomic E-state index is 0.526. The zero-order valence-electron chi connectivity index (χ0n) is 14.7. The smallest absolute Gasteiger partial charge is 0.150 e. The van der Waals surface area contributed by atoms with Crippen LogP contribution in [0.15, 0.2) is 46.8 Å². The quantitative estimate of drug-likeness (QED) is 0.844. The molecule has 3 rings (SSSR count). The maximum atomic E-state index is 11.4. The molecule has 0 radical (unpaired) electrons. The third-order valence-electron chi connectivity index (χ3n) is 4.11. The number of benzene rings is 1. The number of H-pyrrole nitrogens is 1. The Labute approximate surface area is 146 Å². The molecule has 1 aromatic heterocycles. The van der Waals surface area contributed by atoms with Gasteiger partial charge in [-0.1, -0.05) is 0 Å². The number of aryl methyl sites for hydroxylation is 2. The normalized spacial score (nSPS) is 15.1. The van der Waals surface area contributed by atoms with Gasteiger partial charge in [0, 0.05) is 28.6 Å². The molecule has 0 saturated heterocycles. The molecule has 0 amide bonds. The third kappa shape index (κ3) is 3.26. The molecular weight excluding hydrogens is 316 g/mol. The van der Waals surface area contributed by atoms with E-state index in [-0.39, 0.29) is 0 Å². The number of carbonyl (C=O) groups excluding carboxylic acids is 1. The van der Waals surface area contributed by atoms with Crippen molar-refractivity contribution >= 4 is 18.1 Å². The van der Waals surface area contributed by atoms with Crippen LogP contribution in [0.1, 0.15) is 32.9 Å². The van der Waals surface area contributed by atoms with Crippen molar-refractivity contribution in [2.45, 2.75) is 13.8 Å². The van der Waals surface area contributed by atoms with Gasteiger partial charge in [-0.15, -0.1) is 0 Å². The maximum Gasteiger partial charge on any atom is 0.150 e. The molecule has 25 heavy (non-hydrogen) atoms. The fourth-order valence-corrected chi connectivity index (χ4v) is 2.85. The minimum atomic E-state index is 0.526. The number of nitrogens with zero attached hydrogens (tertiary/aromatic N) is 1. The van der Waals surface area contributed by atoms with Crippen molar-refractivity contribution in [2.75, 3.05) is 14.2 Å². The van der Waals surface area contributed by atoms with Crippen molar-refractivity contribution < 1.29 is 14.3 Å². The summed E-state index contributed by atoms with van der Waals surface area (Å²) in [5.74, 6) is 1.29. The number of hydrogen-bond acceptors (Lipinski definition) is 4.